The molecular weight excluding hydrogens is 430 g/mol. The molecule has 0 aliphatic rings. The van der Waals surface area contributed by atoms with Gasteiger partial charge in [-0.3, -0.25) is 9.59 Å². The predicted octanol–water partition coefficient (Wildman–Crippen LogP) is 4.77. The number of carboxylic acid groups (broad SMARTS) is 1. The van der Waals surface area contributed by atoms with Crippen molar-refractivity contribution < 1.29 is 24.5 Å². The molecule has 6 heteroatoms. The lowest BCUT2D eigenvalue weighted by Crippen LogP contribution is -2.40. The fourth-order valence-electron chi connectivity index (χ4n) is 4.19. The van der Waals surface area contributed by atoms with Crippen LogP contribution in [0.15, 0.2) is 66.7 Å². The molecule has 2 N–H and O–H groups in total. The molecule has 0 fully saturated rings. The van der Waals surface area contributed by atoms with Crippen molar-refractivity contribution in [2.24, 2.45) is 0 Å². The van der Waals surface area contributed by atoms with E-state index in [-0.39, 0.29) is 18.9 Å². The zero-order valence-corrected chi connectivity index (χ0v) is 20.0. The van der Waals surface area contributed by atoms with E-state index in [0.717, 1.165) is 27.8 Å². The van der Waals surface area contributed by atoms with E-state index < -0.39 is 18.1 Å². The van der Waals surface area contributed by atoms with E-state index >= 15 is 0 Å². The summed E-state index contributed by atoms with van der Waals surface area (Å²) in [5, 5.41) is 20.2. The van der Waals surface area contributed by atoms with Crippen LogP contribution in [0.3, 0.4) is 0 Å². The van der Waals surface area contributed by atoms with Gasteiger partial charge in [-0.15, -0.1) is 0 Å². The molecule has 34 heavy (non-hydrogen) atoms. The Hall–Kier alpha value is -3.64. The van der Waals surface area contributed by atoms with Crippen LogP contribution in [0.1, 0.15) is 42.2 Å². The highest BCUT2D eigenvalue weighted by molar-refractivity contribution is 5.78. The van der Waals surface area contributed by atoms with Gasteiger partial charge in [-0.25, -0.2) is 0 Å². The van der Waals surface area contributed by atoms with Gasteiger partial charge < -0.3 is 19.8 Å². The van der Waals surface area contributed by atoms with Crippen molar-refractivity contribution in [1.29, 1.82) is 0 Å². The minimum atomic E-state index is -0.910. The second-order valence-electron chi connectivity index (χ2n) is 8.51. The number of carbonyl (C=O) groups excluding carboxylic acids is 1. The van der Waals surface area contributed by atoms with Crippen LogP contribution in [0, 0.1) is 6.92 Å². The van der Waals surface area contributed by atoms with Gasteiger partial charge in [0.05, 0.1) is 25.7 Å². The predicted molar refractivity (Wildman–Crippen MR) is 132 cm³/mol. The second-order valence-corrected chi connectivity index (χ2v) is 8.51. The summed E-state index contributed by atoms with van der Waals surface area (Å²) < 4.78 is 5.57. The Morgan fingerprint density at radius 3 is 2.32 bits per heavy atom. The van der Waals surface area contributed by atoms with Crippen molar-refractivity contribution in [2.75, 3.05) is 7.11 Å². The average Bonchev–Trinajstić information content (AvgIpc) is 2.81. The molecular formula is C28H31NO5. The van der Waals surface area contributed by atoms with Crippen molar-refractivity contribution >= 4 is 11.9 Å². The quantitative estimate of drug-likeness (QED) is 0.479. The fourth-order valence-corrected chi connectivity index (χ4v) is 4.19. The molecule has 6 nitrogen and oxygen atoms in total. The molecule has 3 rings (SSSR count). The lowest BCUT2D eigenvalue weighted by Gasteiger charge is -2.33. The summed E-state index contributed by atoms with van der Waals surface area (Å²) in [7, 11) is 1.57. The lowest BCUT2D eigenvalue weighted by atomic mass is 9.94. The number of ether oxygens (including phenoxy) is 1. The van der Waals surface area contributed by atoms with Crippen LogP contribution in [-0.4, -0.2) is 40.1 Å². The summed E-state index contributed by atoms with van der Waals surface area (Å²) >= 11 is 0. The van der Waals surface area contributed by atoms with Crippen LogP contribution >= 0.6 is 0 Å². The number of nitrogens with zero attached hydrogens (tertiary/aromatic N) is 1. The van der Waals surface area contributed by atoms with Gasteiger partial charge >= 0.3 is 5.97 Å². The van der Waals surface area contributed by atoms with E-state index in [4.69, 9.17) is 4.74 Å². The number of aliphatic carboxylic acids is 1. The topological polar surface area (TPSA) is 87.1 Å². The first-order chi connectivity index (χ1) is 16.2. The van der Waals surface area contributed by atoms with Crippen LogP contribution in [-0.2, 0) is 22.6 Å². The average molecular weight is 462 g/mol. The molecule has 3 aromatic carbocycles. The summed E-state index contributed by atoms with van der Waals surface area (Å²) in [6.45, 7) is 5.59. The van der Waals surface area contributed by atoms with Crippen LogP contribution in [0.25, 0.3) is 11.1 Å². The van der Waals surface area contributed by atoms with E-state index in [1.165, 1.54) is 6.92 Å². The largest absolute Gasteiger partial charge is 0.496 e. The van der Waals surface area contributed by atoms with Crippen molar-refractivity contribution in [2.45, 2.75) is 45.9 Å². The maximum atomic E-state index is 12.7. The van der Waals surface area contributed by atoms with Crippen LogP contribution in [0.5, 0.6) is 5.75 Å². The number of benzene rings is 3. The maximum absolute atomic E-state index is 12.7. The van der Waals surface area contributed by atoms with Crippen molar-refractivity contribution in [3.8, 4) is 16.9 Å². The third-order valence-electron chi connectivity index (χ3n) is 6.00. The van der Waals surface area contributed by atoms with Crippen LogP contribution < -0.4 is 4.74 Å². The SMILES string of the molecule is COc1ccc(CC(=O)O)cc1-c1ccc(C)cc1CN(C(C)=O)[C@@H](C)[C@H](O)c1ccccc1. The Bertz CT molecular complexity index is 1160. The second kappa shape index (κ2) is 11.0. The molecule has 0 bridgehead atoms. The van der Waals surface area contributed by atoms with Gasteiger partial charge in [0.15, 0.2) is 0 Å². The molecule has 2 atom stereocenters. The third kappa shape index (κ3) is 5.83. The molecule has 0 aliphatic carbocycles. The smallest absolute Gasteiger partial charge is 0.307 e. The van der Waals surface area contributed by atoms with E-state index in [0.29, 0.717) is 11.3 Å². The molecule has 0 aliphatic heterocycles. The van der Waals surface area contributed by atoms with E-state index in [1.54, 1.807) is 24.1 Å². The minimum Gasteiger partial charge on any atom is -0.496 e. The first kappa shape index (κ1) is 25.0. The summed E-state index contributed by atoms with van der Waals surface area (Å²) in [5.74, 6) is -0.445. The Balaban J connectivity index is 2.03. The van der Waals surface area contributed by atoms with Gasteiger partial charge in [-0.05, 0) is 48.2 Å². The van der Waals surface area contributed by atoms with Crippen molar-refractivity contribution in [3.63, 3.8) is 0 Å². The molecule has 3 aromatic rings. The third-order valence-corrected chi connectivity index (χ3v) is 6.00. The van der Waals surface area contributed by atoms with Gasteiger partial charge in [-0.2, -0.15) is 0 Å². The number of aryl methyl sites for hydroxylation is 1. The van der Waals surface area contributed by atoms with Gasteiger partial charge in [0.1, 0.15) is 5.75 Å². The number of hydrogen-bond acceptors (Lipinski definition) is 4. The highest BCUT2D eigenvalue weighted by Crippen LogP contribution is 2.35. The number of aliphatic hydroxyl groups excluding tert-OH is 1. The summed E-state index contributed by atoms with van der Waals surface area (Å²) in [4.78, 5) is 25.6. The standard InChI is InChI=1S/C28H31NO5/c1-18-10-12-24(25-15-21(16-27(31)32)11-13-26(25)34-4)23(14-18)17-29(20(3)30)19(2)28(33)22-8-6-5-7-9-22/h5-15,19,28,33H,16-17H2,1-4H3,(H,31,32)/t19-,28-/m0/s1. The molecule has 0 aromatic heterocycles. The number of methoxy groups -OCH3 is 1. The highest BCUT2D eigenvalue weighted by Gasteiger charge is 2.26. The molecule has 178 valence electrons. The van der Waals surface area contributed by atoms with Gasteiger partial charge in [0.25, 0.3) is 0 Å². The Labute approximate surface area is 200 Å². The molecule has 1 amide bonds. The zero-order chi connectivity index (χ0) is 24.8. The molecule has 0 spiro atoms. The molecule has 0 unspecified atom stereocenters. The number of aliphatic hydroxyl groups is 1. The highest BCUT2D eigenvalue weighted by atomic mass is 16.5. The molecule has 0 saturated carbocycles. The number of carboxylic acids is 1. The van der Waals surface area contributed by atoms with Gasteiger partial charge in [-0.1, -0.05) is 60.2 Å². The number of amides is 1. The number of hydrogen-bond donors (Lipinski definition) is 2. The molecule has 0 saturated heterocycles. The van der Waals surface area contributed by atoms with Crippen LogP contribution in [0.2, 0.25) is 0 Å². The lowest BCUT2D eigenvalue weighted by molar-refractivity contribution is -0.136. The van der Waals surface area contributed by atoms with Crippen molar-refractivity contribution in [1.82, 2.24) is 4.90 Å². The number of carbonyl (C=O) groups is 2. The maximum Gasteiger partial charge on any atom is 0.307 e. The summed E-state index contributed by atoms with van der Waals surface area (Å²) in [6, 6.07) is 20.1. The first-order valence-electron chi connectivity index (χ1n) is 11.2. The van der Waals surface area contributed by atoms with Crippen LogP contribution in [0.4, 0.5) is 0 Å². The Morgan fingerprint density at radius 1 is 1.00 bits per heavy atom. The molecule has 0 heterocycles. The van der Waals surface area contributed by atoms with Crippen molar-refractivity contribution in [3.05, 3.63) is 89.0 Å². The monoisotopic (exact) mass is 461 g/mol. The normalized spacial score (nSPS) is 12.6. The Kier molecular flexibility index (Phi) is 8.08. The zero-order valence-electron chi connectivity index (χ0n) is 20.0. The van der Waals surface area contributed by atoms with Gasteiger partial charge in [0.2, 0.25) is 5.91 Å². The van der Waals surface area contributed by atoms with E-state index in [2.05, 4.69) is 0 Å². The number of rotatable bonds is 9. The van der Waals surface area contributed by atoms with Gasteiger partial charge in [0, 0.05) is 19.0 Å². The van der Waals surface area contributed by atoms with E-state index in [1.807, 2.05) is 68.4 Å². The summed E-state index contributed by atoms with van der Waals surface area (Å²) in [5.41, 5.74) is 4.92. The first-order valence-corrected chi connectivity index (χ1v) is 11.2. The summed E-state index contributed by atoms with van der Waals surface area (Å²) in [6.07, 6.45) is -0.940. The fraction of sp³-hybridized carbons (Fsp3) is 0.286. The Morgan fingerprint density at radius 2 is 1.71 bits per heavy atom. The minimum absolute atomic E-state index is 0.0991. The molecule has 0 radical (unpaired) electrons. The van der Waals surface area contributed by atoms with E-state index in [9.17, 15) is 19.8 Å².